The normalized spacial score (nSPS) is 29.6. The lowest BCUT2D eigenvalue weighted by atomic mass is 10.1. The van der Waals surface area contributed by atoms with E-state index in [0.717, 1.165) is 11.0 Å². The van der Waals surface area contributed by atoms with Crippen LogP contribution in [0.25, 0.3) is 11.2 Å². The average Bonchev–Trinajstić information content (AvgIpc) is 3.64. The number of aliphatic hydroxyl groups is 2. The molecule has 37 heavy (non-hydrogen) atoms. The van der Waals surface area contributed by atoms with Gasteiger partial charge in [-0.1, -0.05) is 0 Å². The van der Waals surface area contributed by atoms with E-state index in [1.807, 2.05) is 0 Å². The van der Waals surface area contributed by atoms with Gasteiger partial charge in [0.15, 0.2) is 17.4 Å². The van der Waals surface area contributed by atoms with Crippen LogP contribution < -0.4 is 11.3 Å². The highest BCUT2D eigenvalue weighted by atomic mass is 31.2. The Morgan fingerprint density at radius 1 is 1.16 bits per heavy atom. The summed E-state index contributed by atoms with van der Waals surface area (Å²) in [4.78, 5) is 47.3. The van der Waals surface area contributed by atoms with Crippen LogP contribution in [0.5, 0.6) is 0 Å². The zero-order valence-electron chi connectivity index (χ0n) is 18.9. The number of fused-ring (bicyclic) bond motifs is 1. The minimum atomic E-state index is -4.60. The fourth-order valence-corrected chi connectivity index (χ4v) is 4.83. The van der Waals surface area contributed by atoms with E-state index in [4.69, 9.17) is 24.3 Å². The van der Waals surface area contributed by atoms with Crippen LogP contribution in [0.3, 0.4) is 0 Å². The molecular formula is C18H23N8O10P. The second kappa shape index (κ2) is 9.99. The lowest BCUT2D eigenvalue weighted by Gasteiger charge is -2.19. The minimum absolute atomic E-state index is 0.167. The molecule has 5 rings (SSSR count). The summed E-state index contributed by atoms with van der Waals surface area (Å²) < 4.78 is 36.3. The smallest absolute Gasteiger partial charge is 0.387 e. The lowest BCUT2D eigenvalue weighted by molar-refractivity contribution is -0.0611. The van der Waals surface area contributed by atoms with Crippen molar-refractivity contribution < 1.29 is 43.0 Å². The van der Waals surface area contributed by atoms with E-state index in [-0.39, 0.29) is 23.5 Å². The number of ether oxygens (including phenoxy) is 2. The molecule has 6 N–H and O–H groups in total. The number of amides is 1. The Hall–Kier alpha value is -3.09. The van der Waals surface area contributed by atoms with E-state index < -0.39 is 57.2 Å². The van der Waals surface area contributed by atoms with Crippen molar-refractivity contribution in [2.75, 3.05) is 13.2 Å². The van der Waals surface area contributed by atoms with Gasteiger partial charge in [-0.05, 0) is 12.8 Å². The lowest BCUT2D eigenvalue weighted by Crippen LogP contribution is -2.33. The highest BCUT2D eigenvalue weighted by Crippen LogP contribution is 2.45. The van der Waals surface area contributed by atoms with Crippen LogP contribution in [0, 0.1) is 0 Å². The molecule has 18 nitrogen and oxygen atoms in total. The van der Waals surface area contributed by atoms with E-state index in [2.05, 4.69) is 25.0 Å². The molecule has 3 aromatic heterocycles. The van der Waals surface area contributed by atoms with E-state index in [1.54, 1.807) is 4.57 Å². The first-order valence-electron chi connectivity index (χ1n) is 11.0. The van der Waals surface area contributed by atoms with Crippen LogP contribution in [-0.4, -0.2) is 92.9 Å². The van der Waals surface area contributed by atoms with Gasteiger partial charge in [-0.25, -0.2) is 24.2 Å². The maximum absolute atomic E-state index is 12.4. The number of nitrogens with two attached hydrogens (primary N) is 1. The summed E-state index contributed by atoms with van der Waals surface area (Å²) in [5.41, 5.74) is 5.22. The molecule has 1 amide bonds. The van der Waals surface area contributed by atoms with E-state index in [9.17, 15) is 29.3 Å². The van der Waals surface area contributed by atoms with Crippen molar-refractivity contribution >= 4 is 24.9 Å². The summed E-state index contributed by atoms with van der Waals surface area (Å²) in [6.45, 7) is -0.881. The largest absolute Gasteiger partial charge is 0.472 e. The summed E-state index contributed by atoms with van der Waals surface area (Å²) in [6, 6.07) is 0. The molecule has 19 heteroatoms. The van der Waals surface area contributed by atoms with E-state index >= 15 is 0 Å². The second-order valence-corrected chi connectivity index (χ2v) is 9.82. The van der Waals surface area contributed by atoms with Gasteiger partial charge in [0.1, 0.15) is 30.9 Å². The third-order valence-corrected chi connectivity index (χ3v) is 6.86. The van der Waals surface area contributed by atoms with Crippen LogP contribution in [0.15, 0.2) is 23.8 Å². The number of nitrogens with one attached hydrogen (secondary N) is 1. The molecule has 2 fully saturated rings. The predicted octanol–water partition coefficient (Wildman–Crippen LogP) is -2.06. The maximum atomic E-state index is 12.4. The molecule has 2 aliphatic heterocycles. The Bertz CT molecular complexity index is 1390. The molecule has 7 atom stereocenters. The molecule has 1 unspecified atom stereocenters. The third kappa shape index (κ3) is 5.18. The standard InChI is InChI=1S/C18H23N8O10P/c19-14(29)15-23-7-26(24-15)18-13(28)12(27)9(36-18)4-34-37(31,32)33-3-8-1-2-10(35-8)25-6-22-11-16(25)20-5-21-17(11)30/h5-10,12-13,18,27-28H,1-4H2,(H2,19,29)(H,31,32)(H,20,21,30)/t8-,9+,10+,12+,13+,18+/m0/s1. The molecule has 0 aromatic carbocycles. The molecule has 0 aliphatic carbocycles. The maximum Gasteiger partial charge on any atom is 0.472 e. The summed E-state index contributed by atoms with van der Waals surface area (Å²) in [6.07, 6.45) is -1.74. The number of phosphoric ester groups is 1. The molecule has 0 bridgehead atoms. The number of hydrogen-bond acceptors (Lipinski definition) is 13. The molecule has 0 spiro atoms. The van der Waals surface area contributed by atoms with Gasteiger partial charge < -0.3 is 35.3 Å². The molecule has 2 aliphatic rings. The molecule has 2 saturated heterocycles. The molecule has 3 aromatic rings. The topological polar surface area (TPSA) is 252 Å². The first kappa shape index (κ1) is 25.6. The summed E-state index contributed by atoms with van der Waals surface area (Å²) in [5.74, 6) is -1.21. The Kier molecular flexibility index (Phi) is 6.90. The molecule has 0 radical (unpaired) electrons. The fourth-order valence-electron chi connectivity index (χ4n) is 4.07. The van der Waals surface area contributed by atoms with E-state index in [0.29, 0.717) is 18.5 Å². The third-order valence-electron chi connectivity index (χ3n) is 5.91. The number of rotatable bonds is 9. The Morgan fingerprint density at radius 3 is 2.70 bits per heavy atom. The summed E-state index contributed by atoms with van der Waals surface area (Å²) >= 11 is 0. The Morgan fingerprint density at radius 2 is 1.95 bits per heavy atom. The molecular weight excluding hydrogens is 519 g/mol. The van der Waals surface area contributed by atoms with E-state index in [1.165, 1.54) is 12.7 Å². The number of hydrogen-bond donors (Lipinski definition) is 5. The fraction of sp³-hybridized carbons (Fsp3) is 0.556. The number of nitrogens with zero attached hydrogens (tertiary/aromatic N) is 6. The number of primary amides is 1. The SMILES string of the molecule is NC(=O)c1ncn([C@@H]2O[C@H](COP(=O)(O)OC[C@@H]3CC[C@H](n4cnc5c(=O)[nH]cnc54)O3)[C@@H](O)[C@H]2O)n1. The van der Waals surface area contributed by atoms with Crippen molar-refractivity contribution in [1.82, 2.24) is 34.3 Å². The average molecular weight is 542 g/mol. The summed E-state index contributed by atoms with van der Waals surface area (Å²) in [5, 5.41) is 24.3. The first-order chi connectivity index (χ1) is 17.6. The number of imidazole rings is 1. The number of aromatic nitrogens is 7. The van der Waals surface area contributed by atoms with Crippen LogP contribution in [-0.2, 0) is 23.1 Å². The van der Waals surface area contributed by atoms with Gasteiger partial charge in [-0.2, -0.15) is 0 Å². The van der Waals surface area contributed by atoms with Crippen molar-refractivity contribution in [2.24, 2.45) is 5.73 Å². The molecule has 200 valence electrons. The van der Waals surface area contributed by atoms with Crippen molar-refractivity contribution in [1.29, 1.82) is 0 Å². The number of carbonyl (C=O) groups is 1. The van der Waals surface area contributed by atoms with Crippen molar-refractivity contribution in [2.45, 2.75) is 49.7 Å². The number of carbonyl (C=O) groups excluding carboxylic acids is 1. The first-order valence-corrected chi connectivity index (χ1v) is 12.5. The quantitative estimate of drug-likeness (QED) is 0.182. The zero-order chi connectivity index (χ0) is 26.3. The number of aliphatic hydroxyl groups excluding tert-OH is 2. The number of aromatic amines is 1. The Labute approximate surface area is 206 Å². The highest BCUT2D eigenvalue weighted by Gasteiger charge is 2.45. The molecule has 5 heterocycles. The van der Waals surface area contributed by atoms with Crippen LogP contribution in [0.4, 0.5) is 0 Å². The second-order valence-electron chi connectivity index (χ2n) is 8.36. The minimum Gasteiger partial charge on any atom is -0.387 e. The van der Waals surface area contributed by atoms with Crippen molar-refractivity contribution in [3.05, 3.63) is 35.2 Å². The zero-order valence-corrected chi connectivity index (χ0v) is 19.8. The van der Waals surface area contributed by atoms with Gasteiger partial charge in [0.25, 0.3) is 11.5 Å². The van der Waals surface area contributed by atoms with Gasteiger partial charge in [-0.15, -0.1) is 5.10 Å². The van der Waals surface area contributed by atoms with Gasteiger partial charge in [0.05, 0.1) is 32.0 Å². The number of phosphoric acid groups is 1. The van der Waals surface area contributed by atoms with Crippen LogP contribution in [0.2, 0.25) is 0 Å². The number of H-pyrrole nitrogens is 1. The van der Waals surface area contributed by atoms with Gasteiger partial charge in [0.2, 0.25) is 5.82 Å². The predicted molar refractivity (Wildman–Crippen MR) is 117 cm³/mol. The van der Waals surface area contributed by atoms with Gasteiger partial charge in [-0.3, -0.25) is 23.2 Å². The van der Waals surface area contributed by atoms with Gasteiger partial charge >= 0.3 is 7.82 Å². The van der Waals surface area contributed by atoms with Crippen molar-refractivity contribution in [3.63, 3.8) is 0 Å². The Balaban J connectivity index is 1.12. The van der Waals surface area contributed by atoms with Crippen LogP contribution >= 0.6 is 7.82 Å². The highest BCUT2D eigenvalue weighted by molar-refractivity contribution is 7.47. The monoisotopic (exact) mass is 542 g/mol. The molecule has 0 saturated carbocycles. The van der Waals surface area contributed by atoms with Crippen LogP contribution in [0.1, 0.15) is 35.9 Å². The summed E-state index contributed by atoms with van der Waals surface area (Å²) in [7, 11) is -4.60. The van der Waals surface area contributed by atoms with Gasteiger partial charge in [0, 0.05) is 0 Å². The van der Waals surface area contributed by atoms with Crippen molar-refractivity contribution in [3.8, 4) is 0 Å².